The summed E-state index contributed by atoms with van der Waals surface area (Å²) in [5.74, 6) is -5.30. The van der Waals surface area contributed by atoms with Gasteiger partial charge < -0.3 is 0 Å². The van der Waals surface area contributed by atoms with Gasteiger partial charge in [0.25, 0.3) is 0 Å². The van der Waals surface area contributed by atoms with Gasteiger partial charge in [-0.2, -0.15) is 0 Å². The topological polar surface area (TPSA) is 80.0 Å². The molecule has 9 nitrogen and oxygen atoms in total. The Hall–Kier alpha value is -9.99. The van der Waals surface area contributed by atoms with Gasteiger partial charge in [0.1, 0.15) is 34.0 Å². The van der Waals surface area contributed by atoms with Crippen LogP contribution in [0.15, 0.2) is 237 Å². The maximum atomic E-state index is 8.35. The summed E-state index contributed by atoms with van der Waals surface area (Å²) in [6.07, 6.45) is 6.72. The fraction of sp³-hybridized carbons (Fsp3) is 0.212. The highest BCUT2D eigenvalue weighted by Crippen LogP contribution is 2.28. The molecule has 4 aromatic carbocycles. The third-order valence-corrected chi connectivity index (χ3v) is 14.9. The number of aromatic nitrogens is 9. The summed E-state index contributed by atoms with van der Waals surface area (Å²) in [7, 11) is 7.79. The molecule has 8 aromatic heterocycles. The standard InChI is InChI=1S/C22H25N2.C21H23N2.C19H19N2.C18H18N3/c1-16(2)14-19-9-7-11-21(23-19)18-12-13-22(24(4)15-18)20-10-6-5-8-17(20)3;1-15(2)19-10-7-11-20(22-19)17-12-13-21(23(4)14-17)18-9-6-5-8-16(18)3;1-14-7-4-5-9-17(14)19-12-11-16(13-21(19)3)18-10-6-8-15(2)20-18;1-13-6-4-5-7-16(13)18-9-8-15(12-21(18)3)17-10-11-19-14(2)20-17/h5-13,15-16H,14H2,1-4H3;5-15H,1-4H3;4-13H,1-3H3;4-12H,1-3H3/q4*+1/i1D3,14D2,16D;1D3,2D3,15D;2*2D3. The normalized spacial score (nSPS) is 15.6. The Morgan fingerprint density at radius 3 is 1.18 bits per heavy atom. The van der Waals surface area contributed by atoms with Crippen LogP contribution in [-0.4, -0.2) is 24.9 Å². The number of hydrogen-bond donors (Lipinski definition) is 0. The highest BCUT2D eigenvalue weighted by atomic mass is 14.9. The lowest BCUT2D eigenvalue weighted by Crippen LogP contribution is -2.30. The summed E-state index contributed by atoms with van der Waals surface area (Å²) in [5, 5.41) is 0. The van der Waals surface area contributed by atoms with Crippen molar-refractivity contribution in [3.05, 3.63) is 282 Å². The highest BCUT2D eigenvalue weighted by molar-refractivity contribution is 5.68. The van der Waals surface area contributed by atoms with Crippen molar-refractivity contribution in [1.29, 1.82) is 0 Å². The third kappa shape index (κ3) is 16.4. The first-order valence-corrected chi connectivity index (χ1v) is 28.9. The minimum atomic E-state index is -3.07. The Morgan fingerprint density at radius 1 is 0.393 bits per heavy atom. The van der Waals surface area contributed by atoms with Crippen LogP contribution in [0.5, 0.6) is 0 Å². The van der Waals surface area contributed by atoms with Crippen molar-refractivity contribution in [3.63, 3.8) is 0 Å². The quantitative estimate of drug-likeness (QED) is 0.121. The molecule has 12 rings (SSSR count). The molecule has 89 heavy (non-hydrogen) atoms. The van der Waals surface area contributed by atoms with Crippen LogP contribution in [0.3, 0.4) is 0 Å². The van der Waals surface area contributed by atoms with E-state index in [9.17, 15) is 0 Å². The zero-order valence-corrected chi connectivity index (χ0v) is 51.5. The van der Waals surface area contributed by atoms with Crippen molar-refractivity contribution in [3.8, 4) is 90.1 Å². The first-order valence-electron chi connectivity index (χ1n) is 38.4. The second-order valence-corrected chi connectivity index (χ2v) is 21.5. The molecule has 1 atom stereocenters. The second kappa shape index (κ2) is 29.6. The predicted octanol–water partition coefficient (Wildman–Crippen LogP) is 16.5. The molecule has 0 aliphatic carbocycles. The monoisotopic (exact) mass is 1190 g/mol. The summed E-state index contributed by atoms with van der Waals surface area (Å²) in [4.78, 5) is 21.0. The molecule has 0 amide bonds. The van der Waals surface area contributed by atoms with Gasteiger partial charge in [0.15, 0.2) is 24.8 Å². The molecule has 0 N–H and O–H groups in total. The Morgan fingerprint density at radius 2 is 0.787 bits per heavy atom. The van der Waals surface area contributed by atoms with Crippen LogP contribution in [0.25, 0.3) is 90.1 Å². The smallest absolute Gasteiger partial charge is 0.212 e. The van der Waals surface area contributed by atoms with Crippen LogP contribution in [0.2, 0.25) is 0 Å². The summed E-state index contributed by atoms with van der Waals surface area (Å²) >= 11 is 0. The zero-order valence-electron chi connectivity index (χ0n) is 70.5. The molecular formula is C80H85N9+4. The first-order chi connectivity index (χ1) is 50.4. The molecule has 0 fully saturated rings. The molecule has 8 heterocycles. The average molecular weight is 1190 g/mol. The van der Waals surface area contributed by atoms with Crippen LogP contribution in [-0.2, 0) is 34.6 Å². The van der Waals surface area contributed by atoms with Gasteiger partial charge >= 0.3 is 0 Å². The van der Waals surface area contributed by atoms with E-state index in [1.807, 2.05) is 193 Å². The molecule has 446 valence electrons. The second-order valence-electron chi connectivity index (χ2n) is 21.5. The number of hydrogen-bond acceptors (Lipinski definition) is 5. The van der Waals surface area contributed by atoms with Crippen LogP contribution in [0.4, 0.5) is 0 Å². The molecular weight excluding hydrogens is 1090 g/mol. The van der Waals surface area contributed by atoms with Crippen molar-refractivity contribution in [2.75, 3.05) is 0 Å². The molecule has 0 saturated heterocycles. The van der Waals surface area contributed by atoms with E-state index in [1.54, 1.807) is 30.3 Å². The maximum Gasteiger partial charge on any atom is 0.212 e. The van der Waals surface area contributed by atoms with Gasteiger partial charge in [-0.25, -0.2) is 28.2 Å². The summed E-state index contributed by atoms with van der Waals surface area (Å²) in [6, 6.07) is 64.4. The Balaban J connectivity index is 0.000000167. The van der Waals surface area contributed by atoms with Crippen LogP contribution in [0.1, 0.15) is 105 Å². The van der Waals surface area contributed by atoms with Crippen molar-refractivity contribution in [1.82, 2.24) is 24.9 Å². The Kier molecular flexibility index (Phi) is 14.2. The van der Waals surface area contributed by atoms with Gasteiger partial charge in [-0.05, 0) is 173 Å². The minimum Gasteiger partial charge on any atom is -0.253 e. The van der Waals surface area contributed by atoms with Crippen LogP contribution in [0, 0.1) is 47.3 Å². The fourth-order valence-electron chi connectivity index (χ4n) is 10.3. The molecule has 0 spiro atoms. The molecule has 0 radical (unpaired) electrons. The van der Waals surface area contributed by atoms with Crippen LogP contribution >= 0.6 is 0 Å². The average Bonchev–Trinajstić information content (AvgIpc) is 0.755. The maximum absolute atomic E-state index is 8.35. The van der Waals surface area contributed by atoms with Gasteiger partial charge in [-0.15, -0.1) is 0 Å². The van der Waals surface area contributed by atoms with Crippen molar-refractivity contribution in [2.45, 2.75) is 81.1 Å². The number of pyridine rings is 7. The Labute approximate surface area is 555 Å². The van der Waals surface area contributed by atoms with E-state index >= 15 is 0 Å². The summed E-state index contributed by atoms with van der Waals surface area (Å²) in [6.45, 7) is -4.09. The van der Waals surface area contributed by atoms with Crippen molar-refractivity contribution < 1.29 is 44.3 Å². The molecule has 0 bridgehead atoms. The van der Waals surface area contributed by atoms with Gasteiger partial charge in [-0.3, -0.25) is 15.0 Å². The zero-order chi connectivity index (χ0) is 79.3. The molecule has 12 aromatic rings. The molecule has 9 heteroatoms. The van der Waals surface area contributed by atoms with Crippen molar-refractivity contribution in [2.24, 2.45) is 34.1 Å². The number of aryl methyl sites for hydroxylation is 10. The van der Waals surface area contributed by atoms with Crippen LogP contribution < -0.4 is 18.3 Å². The predicted molar refractivity (Wildman–Crippen MR) is 364 cm³/mol. The lowest BCUT2D eigenvalue weighted by molar-refractivity contribution is -0.660. The van der Waals surface area contributed by atoms with E-state index in [0.29, 0.717) is 28.3 Å². The van der Waals surface area contributed by atoms with E-state index in [-0.39, 0.29) is 22.9 Å². The minimum absolute atomic E-state index is 0.0701. The SMILES string of the molecule is [2H]C([2H])([2H])C([2H])(C)C([2H])([2H])c1cccc(-c2ccc(-c3ccccc3C)[n+](C)c2)n1.[2H]C([2H])([2H])C([2H])(c1cccc(-c2ccc(-c3ccccc3C)[n+](C)c2)n1)C([2H])([2H])[2H].[2H]C([2H])([2H])c1cccc(-c2ccc(-c3ccccc3C)[n+](C)c2)n1.[2H]C([2H])([2H])c1nccc(-c2ccc(-c3ccccc3C)[n+](C)c2)n1. The van der Waals surface area contributed by atoms with Gasteiger partial charge in [-0.1, -0.05) is 118 Å². The van der Waals surface area contributed by atoms with E-state index in [2.05, 4.69) is 82.1 Å². The van der Waals surface area contributed by atoms with Gasteiger partial charge in [0.05, 0.1) is 45.0 Å². The van der Waals surface area contributed by atoms with E-state index < -0.39 is 52.4 Å². The first kappa shape index (κ1) is 42.8. The number of nitrogens with zero attached hydrogens (tertiary/aromatic N) is 9. The summed E-state index contributed by atoms with van der Waals surface area (Å²) in [5.41, 5.74) is 18.6. The molecule has 0 aliphatic heterocycles. The van der Waals surface area contributed by atoms with Crippen molar-refractivity contribution >= 4 is 0 Å². The third-order valence-electron chi connectivity index (χ3n) is 14.9. The van der Waals surface area contributed by atoms with Gasteiger partial charge in [0.2, 0.25) is 22.8 Å². The lowest BCUT2D eigenvalue weighted by atomic mass is 10.0. The number of benzene rings is 4. The van der Waals surface area contributed by atoms with Gasteiger partial charge in [0, 0.05) is 95.8 Å². The highest BCUT2D eigenvalue weighted by Gasteiger charge is 2.19. The van der Waals surface area contributed by atoms with E-state index in [0.717, 1.165) is 74.2 Å². The molecule has 1 unspecified atom stereocenters. The summed E-state index contributed by atoms with van der Waals surface area (Å²) < 4.78 is 155. The van der Waals surface area contributed by atoms with E-state index in [1.165, 1.54) is 47.2 Å². The molecule has 0 aliphatic rings. The fourth-order valence-corrected chi connectivity index (χ4v) is 10.3. The lowest BCUT2D eigenvalue weighted by Gasteiger charge is -2.08. The molecule has 0 saturated carbocycles. The Bertz CT molecular complexity index is 5040. The van der Waals surface area contributed by atoms with E-state index in [4.69, 9.17) is 26.0 Å². The number of rotatable bonds is 11. The largest absolute Gasteiger partial charge is 0.253 e.